The van der Waals surface area contributed by atoms with E-state index in [-0.39, 0.29) is 6.10 Å². The van der Waals surface area contributed by atoms with Gasteiger partial charge >= 0.3 is 0 Å². The van der Waals surface area contributed by atoms with Crippen LogP contribution in [0, 0.1) is 17.8 Å². The molecule has 3 unspecified atom stereocenters. The van der Waals surface area contributed by atoms with Gasteiger partial charge in [-0.3, -0.25) is 0 Å². The second-order valence-electron chi connectivity index (χ2n) is 4.90. The van der Waals surface area contributed by atoms with Crippen molar-refractivity contribution in [2.24, 2.45) is 17.8 Å². The molecule has 0 aliphatic rings. The summed E-state index contributed by atoms with van der Waals surface area (Å²) >= 11 is 0. The van der Waals surface area contributed by atoms with Gasteiger partial charge in [0.1, 0.15) is 0 Å². The predicted octanol–water partition coefficient (Wildman–Crippen LogP) is 3.86. The van der Waals surface area contributed by atoms with E-state index in [4.69, 9.17) is 0 Å². The maximum Gasteiger partial charge on any atom is 0.0596 e. The normalized spacial score (nSPS) is 18.2. The quantitative estimate of drug-likeness (QED) is 0.661. The summed E-state index contributed by atoms with van der Waals surface area (Å²) in [6, 6.07) is 0. The molecule has 0 aromatic rings. The first-order valence-electron chi connectivity index (χ1n) is 6.22. The maximum absolute atomic E-state index is 10.2. The molecule has 0 aromatic carbocycles. The maximum atomic E-state index is 10.2. The van der Waals surface area contributed by atoms with Gasteiger partial charge in [0, 0.05) is 0 Å². The summed E-state index contributed by atoms with van der Waals surface area (Å²) in [6.45, 7) is 11.0. The molecule has 0 amide bonds. The van der Waals surface area contributed by atoms with Crippen molar-refractivity contribution in [1.29, 1.82) is 0 Å². The minimum atomic E-state index is -0.105. The Balaban J connectivity index is 4.08. The van der Waals surface area contributed by atoms with Crippen molar-refractivity contribution in [2.75, 3.05) is 0 Å². The monoisotopic (exact) mass is 200 g/mol. The molecule has 0 heterocycles. The minimum absolute atomic E-state index is 0.105. The van der Waals surface area contributed by atoms with Gasteiger partial charge in [-0.25, -0.2) is 0 Å². The van der Waals surface area contributed by atoms with E-state index in [0.717, 1.165) is 6.42 Å². The number of aliphatic hydroxyl groups excluding tert-OH is 1. The first kappa shape index (κ1) is 14.0. The summed E-state index contributed by atoms with van der Waals surface area (Å²) in [5.74, 6) is 1.52. The number of unbranched alkanes of at least 4 members (excludes halogenated alkanes) is 1. The van der Waals surface area contributed by atoms with Crippen molar-refractivity contribution >= 4 is 0 Å². The van der Waals surface area contributed by atoms with E-state index < -0.39 is 0 Å². The van der Waals surface area contributed by atoms with E-state index in [1.54, 1.807) is 0 Å². The van der Waals surface area contributed by atoms with Crippen LogP contribution in [0.25, 0.3) is 0 Å². The topological polar surface area (TPSA) is 20.2 Å². The molecule has 0 aromatic heterocycles. The molecule has 86 valence electrons. The molecule has 14 heavy (non-hydrogen) atoms. The van der Waals surface area contributed by atoms with Crippen LogP contribution >= 0.6 is 0 Å². The van der Waals surface area contributed by atoms with Crippen molar-refractivity contribution in [3.05, 3.63) is 0 Å². The second-order valence-corrected chi connectivity index (χ2v) is 4.90. The van der Waals surface area contributed by atoms with E-state index in [9.17, 15) is 5.11 Å². The fourth-order valence-electron chi connectivity index (χ4n) is 1.91. The van der Waals surface area contributed by atoms with Gasteiger partial charge in [-0.05, 0) is 24.2 Å². The molecule has 1 heteroatoms. The lowest BCUT2D eigenvalue weighted by Crippen LogP contribution is -2.30. The standard InChI is InChI=1S/C13H28O/c1-6-8-9-12(7-2)13(14)11(5)10(3)4/h10-14H,6-9H2,1-5H3. The van der Waals surface area contributed by atoms with E-state index in [2.05, 4.69) is 34.6 Å². The number of hydrogen-bond donors (Lipinski definition) is 1. The zero-order valence-electron chi connectivity index (χ0n) is 10.6. The minimum Gasteiger partial charge on any atom is -0.393 e. The van der Waals surface area contributed by atoms with Crippen LogP contribution < -0.4 is 0 Å². The van der Waals surface area contributed by atoms with Gasteiger partial charge in [0.25, 0.3) is 0 Å². The van der Waals surface area contributed by atoms with Gasteiger partial charge in [0.15, 0.2) is 0 Å². The molecule has 0 aliphatic heterocycles. The third-order valence-electron chi connectivity index (χ3n) is 3.53. The van der Waals surface area contributed by atoms with Gasteiger partial charge in [0.05, 0.1) is 6.10 Å². The summed E-state index contributed by atoms with van der Waals surface area (Å²) in [4.78, 5) is 0. The molecular formula is C13H28O. The van der Waals surface area contributed by atoms with Crippen LogP contribution in [0.3, 0.4) is 0 Å². The van der Waals surface area contributed by atoms with Crippen molar-refractivity contribution < 1.29 is 5.11 Å². The van der Waals surface area contributed by atoms with Crippen LogP contribution in [0.15, 0.2) is 0 Å². The summed E-state index contributed by atoms with van der Waals surface area (Å²) in [6.07, 6.45) is 4.68. The van der Waals surface area contributed by atoms with E-state index in [1.165, 1.54) is 19.3 Å². The van der Waals surface area contributed by atoms with Crippen LogP contribution in [-0.4, -0.2) is 11.2 Å². The summed E-state index contributed by atoms with van der Waals surface area (Å²) in [5.41, 5.74) is 0. The molecular weight excluding hydrogens is 172 g/mol. The highest BCUT2D eigenvalue weighted by molar-refractivity contribution is 4.75. The summed E-state index contributed by atoms with van der Waals surface area (Å²) < 4.78 is 0. The fourth-order valence-corrected chi connectivity index (χ4v) is 1.91. The van der Waals surface area contributed by atoms with Crippen molar-refractivity contribution in [3.63, 3.8) is 0 Å². The van der Waals surface area contributed by atoms with Gasteiger partial charge in [0.2, 0.25) is 0 Å². The third kappa shape index (κ3) is 4.45. The average Bonchev–Trinajstić information content (AvgIpc) is 2.17. The average molecular weight is 200 g/mol. The Morgan fingerprint density at radius 3 is 2.00 bits per heavy atom. The Morgan fingerprint density at radius 1 is 1.07 bits per heavy atom. The molecule has 1 N–H and O–H groups in total. The molecule has 0 spiro atoms. The molecule has 0 rings (SSSR count). The SMILES string of the molecule is CCCCC(CC)C(O)C(C)C(C)C. The number of aliphatic hydroxyl groups is 1. The van der Waals surface area contributed by atoms with Gasteiger partial charge in [-0.15, -0.1) is 0 Å². The van der Waals surface area contributed by atoms with E-state index >= 15 is 0 Å². The lowest BCUT2D eigenvalue weighted by Gasteiger charge is -2.29. The van der Waals surface area contributed by atoms with Crippen molar-refractivity contribution in [2.45, 2.75) is 66.4 Å². The molecule has 0 saturated carbocycles. The summed E-state index contributed by atoms with van der Waals surface area (Å²) in [7, 11) is 0. The fraction of sp³-hybridized carbons (Fsp3) is 1.00. The highest BCUT2D eigenvalue weighted by atomic mass is 16.3. The molecule has 0 bridgehead atoms. The Labute approximate surface area is 89.9 Å². The first-order valence-corrected chi connectivity index (χ1v) is 6.22. The van der Waals surface area contributed by atoms with Crippen molar-refractivity contribution in [1.82, 2.24) is 0 Å². The van der Waals surface area contributed by atoms with Gasteiger partial charge in [-0.2, -0.15) is 0 Å². The largest absolute Gasteiger partial charge is 0.393 e. The Bertz CT molecular complexity index is 131. The highest BCUT2D eigenvalue weighted by Gasteiger charge is 2.24. The molecule has 3 atom stereocenters. The van der Waals surface area contributed by atoms with Gasteiger partial charge < -0.3 is 5.11 Å². The van der Waals surface area contributed by atoms with E-state index in [1.807, 2.05) is 0 Å². The van der Waals surface area contributed by atoms with E-state index in [0.29, 0.717) is 17.8 Å². The molecule has 0 saturated heterocycles. The van der Waals surface area contributed by atoms with Crippen molar-refractivity contribution in [3.8, 4) is 0 Å². The lowest BCUT2D eigenvalue weighted by molar-refractivity contribution is 0.0320. The van der Waals surface area contributed by atoms with Crippen LogP contribution in [0.5, 0.6) is 0 Å². The first-order chi connectivity index (χ1) is 6.54. The number of hydrogen-bond acceptors (Lipinski definition) is 1. The summed E-state index contributed by atoms with van der Waals surface area (Å²) in [5, 5.41) is 10.2. The zero-order chi connectivity index (χ0) is 11.1. The zero-order valence-corrected chi connectivity index (χ0v) is 10.6. The predicted molar refractivity (Wildman–Crippen MR) is 63.3 cm³/mol. The third-order valence-corrected chi connectivity index (χ3v) is 3.53. The number of rotatable bonds is 7. The lowest BCUT2D eigenvalue weighted by atomic mass is 9.81. The van der Waals surface area contributed by atoms with Crippen LogP contribution in [0.2, 0.25) is 0 Å². The Kier molecular flexibility index (Phi) is 7.26. The highest BCUT2D eigenvalue weighted by Crippen LogP contribution is 2.26. The van der Waals surface area contributed by atoms with Crippen LogP contribution in [-0.2, 0) is 0 Å². The smallest absolute Gasteiger partial charge is 0.0596 e. The molecule has 0 aliphatic carbocycles. The Morgan fingerprint density at radius 2 is 1.64 bits per heavy atom. The Hall–Kier alpha value is -0.0400. The van der Waals surface area contributed by atoms with Crippen LogP contribution in [0.1, 0.15) is 60.3 Å². The van der Waals surface area contributed by atoms with Gasteiger partial charge in [-0.1, -0.05) is 53.9 Å². The van der Waals surface area contributed by atoms with Crippen LogP contribution in [0.4, 0.5) is 0 Å². The molecule has 1 nitrogen and oxygen atoms in total. The molecule has 0 fully saturated rings. The second kappa shape index (κ2) is 7.28. The molecule has 0 radical (unpaired) electrons.